The minimum Gasteiger partial charge on any atom is -0.379 e. The van der Waals surface area contributed by atoms with Crippen molar-refractivity contribution in [3.8, 4) is 0 Å². The molecule has 3 heterocycles. The van der Waals surface area contributed by atoms with Gasteiger partial charge in [-0.05, 0) is 42.5 Å². The third-order valence-electron chi connectivity index (χ3n) is 5.00. The summed E-state index contributed by atoms with van der Waals surface area (Å²) in [6, 6.07) is 10.2. The lowest BCUT2D eigenvalue weighted by Gasteiger charge is -2.27. The van der Waals surface area contributed by atoms with E-state index in [2.05, 4.69) is 24.0 Å². The molecule has 1 amide bonds. The van der Waals surface area contributed by atoms with E-state index >= 15 is 0 Å². The van der Waals surface area contributed by atoms with Crippen molar-refractivity contribution in [1.82, 2.24) is 9.88 Å². The van der Waals surface area contributed by atoms with Crippen LogP contribution in [0.2, 0.25) is 0 Å². The molecule has 152 valence electrons. The number of aromatic nitrogens is 1. The number of nitrogens with zero attached hydrogens (tertiary/aromatic N) is 3. The first-order valence-corrected chi connectivity index (χ1v) is 11.6. The summed E-state index contributed by atoms with van der Waals surface area (Å²) >= 11 is 3.21. The molecule has 1 fully saturated rings. The summed E-state index contributed by atoms with van der Waals surface area (Å²) in [5.41, 5.74) is 2.13. The van der Waals surface area contributed by atoms with Gasteiger partial charge < -0.3 is 4.74 Å². The number of aryl methyl sites for hydroxylation is 1. The zero-order valence-electron chi connectivity index (χ0n) is 16.5. The molecule has 5 nitrogen and oxygen atoms in total. The number of thiophene rings is 1. The Bertz CT molecular complexity index is 975. The van der Waals surface area contributed by atoms with Gasteiger partial charge in [0.15, 0.2) is 5.13 Å². The molecular weight excluding hydrogens is 402 g/mol. The van der Waals surface area contributed by atoms with Crippen molar-refractivity contribution in [3.05, 3.63) is 52.2 Å². The largest absolute Gasteiger partial charge is 0.379 e. The first-order chi connectivity index (χ1) is 14.2. The topological polar surface area (TPSA) is 45.7 Å². The van der Waals surface area contributed by atoms with E-state index in [4.69, 9.17) is 9.72 Å². The molecule has 3 aromatic rings. The van der Waals surface area contributed by atoms with Gasteiger partial charge in [-0.3, -0.25) is 14.6 Å². The third kappa shape index (κ3) is 5.11. The molecule has 1 aliphatic heterocycles. The third-order valence-corrected chi connectivity index (χ3v) is 6.88. The number of para-hydroxylation sites is 1. The van der Waals surface area contributed by atoms with Crippen molar-refractivity contribution < 1.29 is 9.53 Å². The van der Waals surface area contributed by atoms with Crippen molar-refractivity contribution in [3.63, 3.8) is 0 Å². The standard InChI is InChI=1S/C22H25N3O2S2/c1-17-5-2-7-19-21(17)23-22(29-19)25(11-4-10-24-12-14-27-15-13-24)20(26)9-8-18-6-3-16-28-18/h2-3,5-9,16H,4,10-15H2,1H3. The molecule has 29 heavy (non-hydrogen) atoms. The van der Waals surface area contributed by atoms with E-state index < -0.39 is 0 Å². The smallest absolute Gasteiger partial charge is 0.252 e. The van der Waals surface area contributed by atoms with Gasteiger partial charge in [-0.1, -0.05) is 29.5 Å². The number of benzene rings is 1. The van der Waals surface area contributed by atoms with Crippen LogP contribution in [0.15, 0.2) is 41.8 Å². The number of morpholine rings is 1. The molecule has 1 aromatic carbocycles. The molecule has 2 aromatic heterocycles. The number of thiazole rings is 1. The van der Waals surface area contributed by atoms with Crippen LogP contribution in [0.25, 0.3) is 16.3 Å². The summed E-state index contributed by atoms with van der Waals surface area (Å²) in [7, 11) is 0. The summed E-state index contributed by atoms with van der Waals surface area (Å²) < 4.78 is 6.54. The van der Waals surface area contributed by atoms with Crippen LogP contribution >= 0.6 is 22.7 Å². The van der Waals surface area contributed by atoms with Crippen LogP contribution < -0.4 is 4.90 Å². The molecule has 0 radical (unpaired) electrons. The first kappa shape index (κ1) is 20.2. The molecule has 1 aliphatic rings. The van der Waals surface area contributed by atoms with E-state index in [0.29, 0.717) is 6.54 Å². The molecule has 7 heteroatoms. The zero-order chi connectivity index (χ0) is 20.1. The van der Waals surface area contributed by atoms with Gasteiger partial charge in [0.2, 0.25) is 0 Å². The maximum atomic E-state index is 13.1. The molecular formula is C22H25N3O2S2. The Kier molecular flexibility index (Phi) is 6.71. The van der Waals surface area contributed by atoms with E-state index in [-0.39, 0.29) is 5.91 Å². The quantitative estimate of drug-likeness (QED) is 0.523. The van der Waals surface area contributed by atoms with E-state index in [1.54, 1.807) is 28.7 Å². The van der Waals surface area contributed by atoms with E-state index in [0.717, 1.165) is 65.1 Å². The van der Waals surface area contributed by atoms with Crippen molar-refractivity contribution in [2.24, 2.45) is 0 Å². The first-order valence-electron chi connectivity index (χ1n) is 9.90. The Morgan fingerprint density at radius 2 is 2.14 bits per heavy atom. The molecule has 0 bridgehead atoms. The molecule has 0 saturated carbocycles. The van der Waals surface area contributed by atoms with Gasteiger partial charge in [-0.15, -0.1) is 11.3 Å². The predicted molar refractivity (Wildman–Crippen MR) is 122 cm³/mol. The van der Waals surface area contributed by atoms with Crippen molar-refractivity contribution in [2.75, 3.05) is 44.3 Å². The summed E-state index contributed by atoms with van der Waals surface area (Å²) in [4.78, 5) is 23.2. The average molecular weight is 428 g/mol. The number of amides is 1. The fraction of sp³-hybridized carbons (Fsp3) is 0.364. The Hall–Kier alpha value is -2.06. The molecule has 0 atom stereocenters. The van der Waals surface area contributed by atoms with Crippen LogP contribution in [0.1, 0.15) is 16.9 Å². The van der Waals surface area contributed by atoms with E-state index in [9.17, 15) is 4.79 Å². The van der Waals surface area contributed by atoms with Gasteiger partial charge in [-0.2, -0.15) is 0 Å². The molecule has 4 rings (SSSR count). The fourth-order valence-electron chi connectivity index (χ4n) is 3.40. The van der Waals surface area contributed by atoms with Crippen LogP contribution in [0, 0.1) is 6.92 Å². The van der Waals surface area contributed by atoms with Crippen LogP contribution in [0.3, 0.4) is 0 Å². The van der Waals surface area contributed by atoms with Gasteiger partial charge in [0.05, 0.1) is 23.4 Å². The second kappa shape index (κ2) is 9.63. The lowest BCUT2D eigenvalue weighted by molar-refractivity contribution is -0.114. The number of carbonyl (C=O) groups is 1. The summed E-state index contributed by atoms with van der Waals surface area (Å²) in [5, 5.41) is 2.79. The maximum Gasteiger partial charge on any atom is 0.252 e. The average Bonchev–Trinajstić information content (AvgIpc) is 3.41. The summed E-state index contributed by atoms with van der Waals surface area (Å²) in [5.74, 6) is -0.0166. The Balaban J connectivity index is 1.51. The molecule has 0 aliphatic carbocycles. The number of fused-ring (bicyclic) bond motifs is 1. The lowest BCUT2D eigenvalue weighted by Crippen LogP contribution is -2.39. The second-order valence-corrected chi connectivity index (χ2v) is 9.05. The van der Waals surface area contributed by atoms with Crippen LogP contribution in [0.5, 0.6) is 0 Å². The number of carbonyl (C=O) groups excluding carboxylic acids is 1. The van der Waals surface area contributed by atoms with Crippen molar-refractivity contribution >= 4 is 50.0 Å². The number of hydrogen-bond acceptors (Lipinski definition) is 6. The van der Waals surface area contributed by atoms with E-state index in [1.807, 2.05) is 34.6 Å². The van der Waals surface area contributed by atoms with Gasteiger partial charge in [0.25, 0.3) is 5.91 Å². The van der Waals surface area contributed by atoms with Gasteiger partial charge in [0.1, 0.15) is 0 Å². The highest BCUT2D eigenvalue weighted by Crippen LogP contribution is 2.31. The monoisotopic (exact) mass is 427 g/mol. The Morgan fingerprint density at radius 3 is 2.90 bits per heavy atom. The van der Waals surface area contributed by atoms with E-state index in [1.165, 1.54) is 0 Å². The summed E-state index contributed by atoms with van der Waals surface area (Å²) in [6.07, 6.45) is 4.47. The number of ether oxygens (including phenoxy) is 1. The highest BCUT2D eigenvalue weighted by molar-refractivity contribution is 7.22. The van der Waals surface area contributed by atoms with Crippen molar-refractivity contribution in [2.45, 2.75) is 13.3 Å². The molecule has 0 spiro atoms. The molecule has 0 unspecified atom stereocenters. The summed E-state index contributed by atoms with van der Waals surface area (Å²) in [6.45, 7) is 7.20. The second-order valence-electron chi connectivity index (χ2n) is 7.06. The maximum absolute atomic E-state index is 13.1. The fourth-order valence-corrected chi connectivity index (χ4v) is 5.09. The van der Waals surface area contributed by atoms with Crippen LogP contribution in [-0.4, -0.2) is 55.2 Å². The molecule has 1 saturated heterocycles. The minimum atomic E-state index is -0.0166. The van der Waals surface area contributed by atoms with Gasteiger partial charge in [0, 0.05) is 37.1 Å². The zero-order valence-corrected chi connectivity index (χ0v) is 18.2. The number of rotatable bonds is 7. The van der Waals surface area contributed by atoms with Crippen LogP contribution in [0.4, 0.5) is 5.13 Å². The number of anilines is 1. The number of hydrogen-bond donors (Lipinski definition) is 0. The lowest BCUT2D eigenvalue weighted by atomic mass is 10.2. The molecule has 0 N–H and O–H groups in total. The van der Waals surface area contributed by atoms with Crippen LogP contribution in [-0.2, 0) is 9.53 Å². The van der Waals surface area contributed by atoms with Gasteiger partial charge in [-0.25, -0.2) is 4.98 Å². The minimum absolute atomic E-state index is 0.0166. The normalized spacial score (nSPS) is 15.3. The highest BCUT2D eigenvalue weighted by atomic mass is 32.1. The van der Waals surface area contributed by atoms with Crippen molar-refractivity contribution in [1.29, 1.82) is 0 Å². The van der Waals surface area contributed by atoms with Gasteiger partial charge >= 0.3 is 0 Å². The Morgan fingerprint density at radius 1 is 1.28 bits per heavy atom. The highest BCUT2D eigenvalue weighted by Gasteiger charge is 2.19. The predicted octanol–water partition coefficient (Wildman–Crippen LogP) is 4.43. The SMILES string of the molecule is Cc1cccc2sc(N(CCCN3CCOCC3)C(=O)C=Cc3cccs3)nc12. The Labute approximate surface area is 179 Å².